The number of nitrogen functional groups attached to an aromatic ring is 1. The summed E-state index contributed by atoms with van der Waals surface area (Å²) in [7, 11) is 1.77. The van der Waals surface area contributed by atoms with E-state index in [0.29, 0.717) is 11.4 Å². The second-order valence-electron chi connectivity index (χ2n) is 5.54. The lowest BCUT2D eigenvalue weighted by Crippen LogP contribution is -2.37. The Hall–Kier alpha value is -2.30. The minimum absolute atomic E-state index is 0.0698. The average molecular weight is 284 g/mol. The van der Waals surface area contributed by atoms with Crippen molar-refractivity contribution < 1.29 is 4.79 Å². The number of carbonyl (C=O) groups excluding carboxylic acids is 1. The van der Waals surface area contributed by atoms with E-state index in [0.717, 1.165) is 24.2 Å². The molecule has 0 aliphatic carbocycles. The van der Waals surface area contributed by atoms with Gasteiger partial charge in [-0.25, -0.2) is 0 Å². The number of hydrogen-bond donors (Lipinski definition) is 1. The zero-order chi connectivity index (χ0) is 15.1. The number of benzene rings is 1. The van der Waals surface area contributed by atoms with Gasteiger partial charge in [0.25, 0.3) is 5.91 Å². The van der Waals surface area contributed by atoms with Crippen LogP contribution < -0.4 is 10.6 Å². The summed E-state index contributed by atoms with van der Waals surface area (Å²) in [6, 6.07) is 8.16. The van der Waals surface area contributed by atoms with Crippen molar-refractivity contribution in [2.45, 2.75) is 32.7 Å². The highest BCUT2D eigenvalue weighted by Crippen LogP contribution is 2.34. The Bertz CT molecular complexity index is 704. The number of nitrogens with zero attached hydrogens (tertiary/aromatic N) is 3. The van der Waals surface area contributed by atoms with E-state index in [9.17, 15) is 4.79 Å². The second-order valence-corrected chi connectivity index (χ2v) is 5.54. The highest BCUT2D eigenvalue weighted by molar-refractivity contribution is 6.09. The largest absolute Gasteiger partial charge is 0.395 e. The zero-order valence-electron chi connectivity index (χ0n) is 12.6. The molecule has 21 heavy (non-hydrogen) atoms. The maximum absolute atomic E-state index is 13.0. The minimum Gasteiger partial charge on any atom is -0.395 e. The van der Waals surface area contributed by atoms with E-state index in [4.69, 9.17) is 5.73 Å². The van der Waals surface area contributed by atoms with Crippen LogP contribution in [-0.2, 0) is 19.9 Å². The molecule has 5 heteroatoms. The van der Waals surface area contributed by atoms with Crippen molar-refractivity contribution >= 4 is 17.3 Å². The van der Waals surface area contributed by atoms with E-state index in [-0.39, 0.29) is 11.9 Å². The van der Waals surface area contributed by atoms with Gasteiger partial charge in [0.15, 0.2) is 0 Å². The van der Waals surface area contributed by atoms with Gasteiger partial charge in [-0.2, -0.15) is 5.10 Å². The lowest BCUT2D eigenvalue weighted by molar-refractivity contribution is 0.0973. The molecule has 1 atom stereocenters. The molecule has 0 saturated carbocycles. The molecule has 0 saturated heterocycles. The molecule has 2 heterocycles. The Labute approximate surface area is 124 Å². The van der Waals surface area contributed by atoms with Gasteiger partial charge in [0.2, 0.25) is 0 Å². The molecule has 1 aromatic carbocycles. The van der Waals surface area contributed by atoms with Crippen molar-refractivity contribution in [2.75, 3.05) is 10.6 Å². The number of fused-ring (bicyclic) bond motifs is 1. The van der Waals surface area contributed by atoms with Crippen LogP contribution in [-0.4, -0.2) is 21.7 Å². The molecular formula is C16H20N4O. The molecule has 3 rings (SSSR count). The number of amides is 1. The Kier molecular flexibility index (Phi) is 3.20. The van der Waals surface area contributed by atoms with E-state index in [1.807, 2.05) is 30.0 Å². The van der Waals surface area contributed by atoms with E-state index in [1.54, 1.807) is 11.7 Å². The van der Waals surface area contributed by atoms with E-state index >= 15 is 0 Å². The van der Waals surface area contributed by atoms with Crippen LogP contribution in [0.3, 0.4) is 0 Å². The maximum atomic E-state index is 13.0. The van der Waals surface area contributed by atoms with Crippen LogP contribution in [0.25, 0.3) is 0 Å². The topological polar surface area (TPSA) is 64.2 Å². The molecule has 0 fully saturated rings. The highest BCUT2D eigenvalue weighted by Gasteiger charge is 2.34. The van der Waals surface area contributed by atoms with Crippen molar-refractivity contribution in [3.8, 4) is 0 Å². The van der Waals surface area contributed by atoms with Crippen molar-refractivity contribution in [1.82, 2.24) is 9.78 Å². The molecule has 1 unspecified atom stereocenters. The Morgan fingerprint density at radius 3 is 2.81 bits per heavy atom. The fourth-order valence-electron chi connectivity index (χ4n) is 3.10. The molecule has 110 valence electrons. The van der Waals surface area contributed by atoms with Crippen LogP contribution in [0.4, 0.5) is 11.4 Å². The molecule has 1 aromatic heterocycles. The number of rotatable bonds is 2. The van der Waals surface area contributed by atoms with Gasteiger partial charge in [-0.3, -0.25) is 9.48 Å². The first kappa shape index (κ1) is 13.7. The molecule has 2 N–H and O–H groups in total. The van der Waals surface area contributed by atoms with Gasteiger partial charge in [0, 0.05) is 18.8 Å². The summed E-state index contributed by atoms with van der Waals surface area (Å²) in [4.78, 5) is 14.8. The summed E-state index contributed by atoms with van der Waals surface area (Å²) in [5.74, 6) is -0.0698. The van der Waals surface area contributed by atoms with Gasteiger partial charge in [0.1, 0.15) is 5.69 Å². The predicted molar refractivity (Wildman–Crippen MR) is 83.4 cm³/mol. The Morgan fingerprint density at radius 2 is 2.14 bits per heavy atom. The molecule has 1 aliphatic heterocycles. The molecule has 0 bridgehead atoms. The lowest BCUT2D eigenvalue weighted by Gasteiger charge is -2.23. The quantitative estimate of drug-likeness (QED) is 0.919. The molecule has 0 spiro atoms. The fourth-order valence-corrected chi connectivity index (χ4v) is 3.10. The van der Waals surface area contributed by atoms with Gasteiger partial charge in [-0.15, -0.1) is 0 Å². The molecule has 5 nitrogen and oxygen atoms in total. The van der Waals surface area contributed by atoms with Crippen LogP contribution in [0.15, 0.2) is 24.3 Å². The molecule has 1 amide bonds. The predicted octanol–water partition coefficient (Wildman–Crippen LogP) is 2.16. The number of carbonyl (C=O) groups is 1. The highest BCUT2D eigenvalue weighted by atomic mass is 16.2. The smallest absolute Gasteiger partial charge is 0.278 e. The van der Waals surface area contributed by atoms with Crippen molar-refractivity contribution in [1.29, 1.82) is 0 Å². The number of para-hydroxylation sites is 1. The first-order valence-corrected chi connectivity index (χ1v) is 7.27. The van der Waals surface area contributed by atoms with Gasteiger partial charge >= 0.3 is 0 Å². The van der Waals surface area contributed by atoms with Gasteiger partial charge < -0.3 is 10.6 Å². The SMILES string of the molecule is CCc1nn(C)c(C(=O)N2c3ccccc3CC2C)c1N. The minimum atomic E-state index is -0.0698. The zero-order valence-corrected chi connectivity index (χ0v) is 12.6. The van der Waals surface area contributed by atoms with Crippen LogP contribution in [0.5, 0.6) is 0 Å². The second kappa shape index (κ2) is 4.91. The summed E-state index contributed by atoms with van der Waals surface area (Å²) < 4.78 is 1.60. The summed E-state index contributed by atoms with van der Waals surface area (Å²) in [5, 5.41) is 4.35. The third-order valence-corrected chi connectivity index (χ3v) is 4.12. The van der Waals surface area contributed by atoms with E-state index < -0.39 is 0 Å². The van der Waals surface area contributed by atoms with Crippen molar-refractivity contribution in [3.63, 3.8) is 0 Å². The van der Waals surface area contributed by atoms with Crippen LogP contribution in [0.2, 0.25) is 0 Å². The van der Waals surface area contributed by atoms with Gasteiger partial charge in [0.05, 0.1) is 11.4 Å². The summed E-state index contributed by atoms with van der Waals surface area (Å²) in [5.41, 5.74) is 10.1. The molecule has 1 aliphatic rings. The third kappa shape index (κ3) is 2.00. The fraction of sp³-hybridized carbons (Fsp3) is 0.375. The standard InChI is InChI=1S/C16H20N4O/c1-4-12-14(17)15(19(3)18-12)16(21)20-10(2)9-11-7-5-6-8-13(11)20/h5-8,10H,4,9,17H2,1-3H3. The number of aromatic nitrogens is 2. The van der Waals surface area contributed by atoms with Gasteiger partial charge in [-0.05, 0) is 31.4 Å². The third-order valence-electron chi connectivity index (χ3n) is 4.12. The van der Waals surface area contributed by atoms with E-state index in [1.165, 1.54) is 5.56 Å². The first-order chi connectivity index (χ1) is 10.0. The van der Waals surface area contributed by atoms with E-state index in [2.05, 4.69) is 18.1 Å². The van der Waals surface area contributed by atoms with Crippen molar-refractivity contribution in [2.24, 2.45) is 7.05 Å². The number of hydrogen-bond acceptors (Lipinski definition) is 3. The van der Waals surface area contributed by atoms with Crippen LogP contribution in [0, 0.1) is 0 Å². The average Bonchev–Trinajstić information content (AvgIpc) is 2.94. The summed E-state index contributed by atoms with van der Waals surface area (Å²) >= 11 is 0. The number of anilines is 2. The summed E-state index contributed by atoms with van der Waals surface area (Å²) in [6.07, 6.45) is 1.60. The first-order valence-electron chi connectivity index (χ1n) is 7.27. The van der Waals surface area contributed by atoms with Crippen molar-refractivity contribution in [3.05, 3.63) is 41.2 Å². The van der Waals surface area contributed by atoms with Crippen LogP contribution in [0.1, 0.15) is 35.6 Å². The Balaban J connectivity index is 2.06. The molecule has 2 aromatic rings. The monoisotopic (exact) mass is 284 g/mol. The maximum Gasteiger partial charge on any atom is 0.278 e. The van der Waals surface area contributed by atoms with Gasteiger partial charge in [-0.1, -0.05) is 25.1 Å². The molecular weight excluding hydrogens is 264 g/mol. The Morgan fingerprint density at radius 1 is 1.43 bits per heavy atom. The van der Waals surface area contributed by atoms with Crippen LogP contribution >= 0.6 is 0 Å². The number of nitrogens with two attached hydrogens (primary N) is 1. The summed E-state index contributed by atoms with van der Waals surface area (Å²) in [6.45, 7) is 4.05. The number of aryl methyl sites for hydroxylation is 2. The normalized spacial score (nSPS) is 17.1. The lowest BCUT2D eigenvalue weighted by atomic mass is 10.1. The molecule has 0 radical (unpaired) electrons.